The predicted octanol–water partition coefficient (Wildman–Crippen LogP) is 2.72. The lowest BCUT2D eigenvalue weighted by molar-refractivity contribution is 0.1000. The first-order valence-electron chi connectivity index (χ1n) is 6.32. The average Bonchev–Trinajstić information content (AvgIpc) is 2.34. The topological polar surface area (TPSA) is 57.4 Å². The van der Waals surface area contributed by atoms with Gasteiger partial charge < -0.3 is 15.2 Å². The van der Waals surface area contributed by atoms with Crippen LogP contribution in [0.3, 0.4) is 0 Å². The van der Waals surface area contributed by atoms with E-state index in [-0.39, 0.29) is 6.10 Å². The molecule has 0 spiro atoms. The van der Waals surface area contributed by atoms with Crippen molar-refractivity contribution < 1.29 is 9.47 Å². The maximum Gasteiger partial charge on any atom is 0.238 e. The van der Waals surface area contributed by atoms with Gasteiger partial charge in [0.25, 0.3) is 0 Å². The third-order valence-corrected chi connectivity index (χ3v) is 3.94. The molecule has 0 aromatic carbocycles. The molecule has 1 fully saturated rings. The van der Waals surface area contributed by atoms with Crippen LogP contribution in [0.5, 0.6) is 5.88 Å². The van der Waals surface area contributed by atoms with E-state index in [1.807, 2.05) is 26.0 Å². The van der Waals surface area contributed by atoms with Gasteiger partial charge in [-0.2, -0.15) is 0 Å². The van der Waals surface area contributed by atoms with Crippen LogP contribution in [-0.4, -0.2) is 29.6 Å². The highest BCUT2D eigenvalue weighted by molar-refractivity contribution is 7.99. The van der Waals surface area contributed by atoms with Gasteiger partial charge in [-0.05, 0) is 38.8 Å². The Bertz CT molecular complexity index is 393. The van der Waals surface area contributed by atoms with Crippen LogP contribution in [0, 0.1) is 0 Å². The number of nitrogens with two attached hydrogens (primary N) is 1. The Morgan fingerprint density at radius 1 is 1.39 bits per heavy atom. The molecular weight excluding hydrogens is 248 g/mol. The Morgan fingerprint density at radius 3 is 2.78 bits per heavy atom. The fourth-order valence-corrected chi connectivity index (χ4v) is 2.83. The standard InChI is InChI=1S/C13H20N2O2S/c1-9(2)17-13-11(14)3-4-12(15-13)18-10-5-7-16-8-6-10/h3-4,9-10H,5-8,14H2,1-2H3. The lowest BCUT2D eigenvalue weighted by atomic mass is 10.2. The number of thioether (sulfide) groups is 1. The molecule has 1 aliphatic rings. The molecule has 18 heavy (non-hydrogen) atoms. The summed E-state index contributed by atoms with van der Waals surface area (Å²) < 4.78 is 11.0. The summed E-state index contributed by atoms with van der Waals surface area (Å²) in [6.07, 6.45) is 2.25. The molecule has 0 unspecified atom stereocenters. The third kappa shape index (κ3) is 3.78. The van der Waals surface area contributed by atoms with Crippen molar-refractivity contribution in [2.75, 3.05) is 18.9 Å². The van der Waals surface area contributed by atoms with E-state index in [2.05, 4.69) is 4.98 Å². The van der Waals surface area contributed by atoms with Crippen LogP contribution in [0.25, 0.3) is 0 Å². The lowest BCUT2D eigenvalue weighted by Crippen LogP contribution is -2.17. The molecule has 0 atom stereocenters. The molecule has 5 heteroatoms. The second-order valence-corrected chi connectivity index (χ2v) is 5.96. The zero-order valence-electron chi connectivity index (χ0n) is 10.9. The highest BCUT2D eigenvalue weighted by Crippen LogP contribution is 2.31. The number of hydrogen-bond acceptors (Lipinski definition) is 5. The largest absolute Gasteiger partial charge is 0.473 e. The molecule has 1 aromatic rings. The van der Waals surface area contributed by atoms with E-state index < -0.39 is 0 Å². The van der Waals surface area contributed by atoms with E-state index in [1.165, 1.54) is 0 Å². The number of anilines is 1. The second kappa shape index (κ2) is 6.29. The van der Waals surface area contributed by atoms with E-state index in [0.717, 1.165) is 31.1 Å². The SMILES string of the molecule is CC(C)Oc1nc(SC2CCOCC2)ccc1N. The zero-order valence-corrected chi connectivity index (χ0v) is 11.7. The Labute approximate surface area is 112 Å². The first-order chi connectivity index (χ1) is 8.65. The first kappa shape index (κ1) is 13.5. The summed E-state index contributed by atoms with van der Waals surface area (Å²) in [5, 5.41) is 1.56. The quantitative estimate of drug-likeness (QED) is 0.910. The number of nitrogens with zero attached hydrogens (tertiary/aromatic N) is 1. The van der Waals surface area contributed by atoms with Crippen molar-refractivity contribution in [3.05, 3.63) is 12.1 Å². The van der Waals surface area contributed by atoms with E-state index in [4.69, 9.17) is 15.2 Å². The molecule has 4 nitrogen and oxygen atoms in total. The Kier molecular flexibility index (Phi) is 4.72. The van der Waals surface area contributed by atoms with Gasteiger partial charge in [-0.1, -0.05) is 0 Å². The van der Waals surface area contributed by atoms with Gasteiger partial charge in [0.15, 0.2) is 0 Å². The van der Waals surface area contributed by atoms with Crippen LogP contribution < -0.4 is 10.5 Å². The van der Waals surface area contributed by atoms with Crippen LogP contribution in [-0.2, 0) is 4.74 Å². The summed E-state index contributed by atoms with van der Waals surface area (Å²) in [5.74, 6) is 0.544. The van der Waals surface area contributed by atoms with Crippen LogP contribution >= 0.6 is 11.8 Å². The Hall–Kier alpha value is -0.940. The van der Waals surface area contributed by atoms with E-state index in [1.54, 1.807) is 11.8 Å². The molecule has 100 valence electrons. The van der Waals surface area contributed by atoms with Crippen molar-refractivity contribution in [2.45, 2.75) is 43.1 Å². The minimum atomic E-state index is 0.0862. The van der Waals surface area contributed by atoms with Crippen molar-refractivity contribution in [3.8, 4) is 5.88 Å². The maximum atomic E-state index is 5.85. The Balaban J connectivity index is 2.03. The molecule has 1 aromatic heterocycles. The molecule has 0 radical (unpaired) electrons. The van der Waals surface area contributed by atoms with Gasteiger partial charge >= 0.3 is 0 Å². The summed E-state index contributed by atoms with van der Waals surface area (Å²) in [4.78, 5) is 4.48. The molecular formula is C13H20N2O2S. The van der Waals surface area contributed by atoms with Crippen molar-refractivity contribution in [3.63, 3.8) is 0 Å². The molecule has 0 saturated carbocycles. The predicted molar refractivity (Wildman–Crippen MR) is 74.1 cm³/mol. The first-order valence-corrected chi connectivity index (χ1v) is 7.20. The monoisotopic (exact) mass is 268 g/mol. The zero-order chi connectivity index (χ0) is 13.0. The van der Waals surface area contributed by atoms with Crippen LogP contribution in [0.2, 0.25) is 0 Å². The molecule has 2 rings (SSSR count). The number of pyridine rings is 1. The average molecular weight is 268 g/mol. The minimum absolute atomic E-state index is 0.0862. The normalized spacial score (nSPS) is 17.1. The summed E-state index contributed by atoms with van der Waals surface area (Å²) in [6.45, 7) is 5.64. The van der Waals surface area contributed by atoms with Crippen molar-refractivity contribution in [2.24, 2.45) is 0 Å². The smallest absolute Gasteiger partial charge is 0.238 e. The van der Waals surface area contributed by atoms with Crippen molar-refractivity contribution in [1.82, 2.24) is 4.98 Å². The number of hydrogen-bond donors (Lipinski definition) is 1. The highest BCUT2D eigenvalue weighted by atomic mass is 32.2. The molecule has 1 aliphatic heterocycles. The van der Waals surface area contributed by atoms with Crippen LogP contribution in [0.15, 0.2) is 17.2 Å². The number of nitrogen functional groups attached to an aromatic ring is 1. The Morgan fingerprint density at radius 2 is 2.11 bits per heavy atom. The van der Waals surface area contributed by atoms with Crippen molar-refractivity contribution >= 4 is 17.4 Å². The summed E-state index contributed by atoms with van der Waals surface area (Å²) in [7, 11) is 0. The molecule has 2 N–H and O–H groups in total. The van der Waals surface area contributed by atoms with E-state index >= 15 is 0 Å². The number of aromatic nitrogens is 1. The summed E-state index contributed by atoms with van der Waals surface area (Å²) >= 11 is 1.79. The second-order valence-electron chi connectivity index (χ2n) is 4.64. The van der Waals surface area contributed by atoms with Gasteiger partial charge in [-0.25, -0.2) is 4.98 Å². The summed E-state index contributed by atoms with van der Waals surface area (Å²) in [5.41, 5.74) is 6.45. The van der Waals surface area contributed by atoms with Gasteiger partial charge in [-0.15, -0.1) is 11.8 Å². The fraction of sp³-hybridized carbons (Fsp3) is 0.615. The van der Waals surface area contributed by atoms with Crippen LogP contribution in [0.1, 0.15) is 26.7 Å². The lowest BCUT2D eigenvalue weighted by Gasteiger charge is -2.21. The third-order valence-electron chi connectivity index (χ3n) is 2.67. The van der Waals surface area contributed by atoms with Gasteiger partial charge in [0.05, 0.1) is 11.8 Å². The van der Waals surface area contributed by atoms with E-state index in [0.29, 0.717) is 16.8 Å². The van der Waals surface area contributed by atoms with Gasteiger partial charge in [0.2, 0.25) is 5.88 Å². The fourth-order valence-electron chi connectivity index (χ4n) is 1.78. The molecule has 0 amide bonds. The van der Waals surface area contributed by atoms with Gasteiger partial charge in [0, 0.05) is 18.5 Å². The number of rotatable bonds is 4. The number of ether oxygens (including phenoxy) is 2. The minimum Gasteiger partial charge on any atom is -0.473 e. The summed E-state index contributed by atoms with van der Waals surface area (Å²) in [6, 6.07) is 3.83. The highest BCUT2D eigenvalue weighted by Gasteiger charge is 2.16. The van der Waals surface area contributed by atoms with Gasteiger partial charge in [0.1, 0.15) is 5.03 Å². The van der Waals surface area contributed by atoms with E-state index in [9.17, 15) is 0 Å². The molecule has 0 aliphatic carbocycles. The van der Waals surface area contributed by atoms with Gasteiger partial charge in [-0.3, -0.25) is 0 Å². The molecule has 0 bridgehead atoms. The van der Waals surface area contributed by atoms with Crippen molar-refractivity contribution in [1.29, 1.82) is 0 Å². The molecule has 2 heterocycles. The molecule has 1 saturated heterocycles. The maximum absolute atomic E-state index is 5.85. The van der Waals surface area contributed by atoms with Crippen LogP contribution in [0.4, 0.5) is 5.69 Å².